The van der Waals surface area contributed by atoms with Crippen molar-refractivity contribution in [3.8, 4) is 11.4 Å². The van der Waals surface area contributed by atoms with Crippen molar-refractivity contribution in [2.24, 2.45) is 0 Å². The number of halogens is 1. The van der Waals surface area contributed by atoms with E-state index in [0.717, 1.165) is 11.3 Å². The standard InChI is InChI=1S/C12H10ClN3O/c13-6-10(17)5-9-1-2-11(16-7-9)12-8-14-3-4-15-12/h1-4,7-8H,5-6H2. The van der Waals surface area contributed by atoms with Crippen molar-refractivity contribution in [1.29, 1.82) is 0 Å². The summed E-state index contributed by atoms with van der Waals surface area (Å²) in [7, 11) is 0. The predicted octanol–water partition coefficient (Wildman–Crippen LogP) is 1.89. The number of carbonyl (C=O) groups is 1. The maximum absolute atomic E-state index is 11.2. The maximum atomic E-state index is 11.2. The Hall–Kier alpha value is -1.81. The fourth-order valence-electron chi connectivity index (χ4n) is 1.39. The molecule has 2 aromatic heterocycles. The van der Waals surface area contributed by atoms with Gasteiger partial charge in [0.15, 0.2) is 5.78 Å². The molecule has 0 N–H and O–H groups in total. The number of nitrogens with zero attached hydrogens (tertiary/aromatic N) is 3. The number of aromatic nitrogens is 3. The number of pyridine rings is 1. The summed E-state index contributed by atoms with van der Waals surface area (Å²) in [5.74, 6) is 0.0204. The van der Waals surface area contributed by atoms with Crippen molar-refractivity contribution in [1.82, 2.24) is 15.0 Å². The van der Waals surface area contributed by atoms with Crippen LogP contribution in [0.25, 0.3) is 11.4 Å². The van der Waals surface area contributed by atoms with Crippen LogP contribution in [-0.4, -0.2) is 26.6 Å². The minimum absolute atomic E-state index is 0.0132. The van der Waals surface area contributed by atoms with Crippen molar-refractivity contribution < 1.29 is 4.79 Å². The van der Waals surface area contributed by atoms with Gasteiger partial charge in [-0.05, 0) is 11.6 Å². The lowest BCUT2D eigenvalue weighted by Crippen LogP contribution is -2.04. The quantitative estimate of drug-likeness (QED) is 0.775. The van der Waals surface area contributed by atoms with E-state index in [1.165, 1.54) is 0 Å². The molecule has 0 aromatic carbocycles. The highest BCUT2D eigenvalue weighted by molar-refractivity contribution is 6.27. The molecule has 4 nitrogen and oxygen atoms in total. The first-order chi connectivity index (χ1) is 8.29. The summed E-state index contributed by atoms with van der Waals surface area (Å²) < 4.78 is 0. The summed E-state index contributed by atoms with van der Waals surface area (Å²) in [6.07, 6.45) is 6.84. The summed E-state index contributed by atoms with van der Waals surface area (Å²) >= 11 is 5.44. The lowest BCUT2D eigenvalue weighted by molar-refractivity contribution is -0.116. The molecule has 2 rings (SSSR count). The molecule has 0 saturated carbocycles. The number of Topliss-reactive ketones (excluding diaryl/α,β-unsaturated/α-hetero) is 1. The van der Waals surface area contributed by atoms with E-state index in [9.17, 15) is 4.79 Å². The van der Waals surface area contributed by atoms with E-state index in [4.69, 9.17) is 11.6 Å². The van der Waals surface area contributed by atoms with Crippen LogP contribution in [0.5, 0.6) is 0 Å². The van der Waals surface area contributed by atoms with Crippen LogP contribution in [0.4, 0.5) is 0 Å². The molecule has 0 amide bonds. The number of alkyl halides is 1. The van der Waals surface area contributed by atoms with E-state index < -0.39 is 0 Å². The van der Waals surface area contributed by atoms with Gasteiger partial charge < -0.3 is 0 Å². The Balaban J connectivity index is 2.16. The van der Waals surface area contributed by atoms with Gasteiger partial charge in [0.25, 0.3) is 0 Å². The van der Waals surface area contributed by atoms with Crippen molar-refractivity contribution in [2.75, 3.05) is 5.88 Å². The third-order valence-electron chi connectivity index (χ3n) is 2.20. The molecule has 0 saturated heterocycles. The van der Waals surface area contributed by atoms with E-state index in [2.05, 4.69) is 15.0 Å². The summed E-state index contributed by atoms with van der Waals surface area (Å²) in [6, 6.07) is 3.67. The third-order valence-corrected chi connectivity index (χ3v) is 2.50. The molecular weight excluding hydrogens is 238 g/mol. The second-order valence-electron chi connectivity index (χ2n) is 3.49. The smallest absolute Gasteiger partial charge is 0.152 e. The molecule has 5 heteroatoms. The van der Waals surface area contributed by atoms with E-state index in [1.807, 2.05) is 12.1 Å². The molecule has 0 aliphatic carbocycles. The molecule has 2 heterocycles. The molecule has 0 unspecified atom stereocenters. The van der Waals surface area contributed by atoms with Crippen LogP contribution in [-0.2, 0) is 11.2 Å². The van der Waals surface area contributed by atoms with Crippen molar-refractivity contribution >= 4 is 17.4 Å². The third kappa shape index (κ3) is 3.07. The second kappa shape index (κ2) is 5.50. The van der Waals surface area contributed by atoms with Crippen LogP contribution >= 0.6 is 11.6 Å². The maximum Gasteiger partial charge on any atom is 0.152 e. The van der Waals surface area contributed by atoms with Gasteiger partial charge in [0, 0.05) is 25.0 Å². The molecule has 86 valence electrons. The van der Waals surface area contributed by atoms with Gasteiger partial charge in [0.2, 0.25) is 0 Å². The fraction of sp³-hybridized carbons (Fsp3) is 0.167. The van der Waals surface area contributed by atoms with Crippen LogP contribution in [0.3, 0.4) is 0 Å². The summed E-state index contributed by atoms with van der Waals surface area (Å²) in [4.78, 5) is 23.5. The SMILES string of the molecule is O=C(CCl)Cc1ccc(-c2cnccn2)nc1. The Bertz CT molecular complexity index is 499. The summed E-state index contributed by atoms with van der Waals surface area (Å²) in [6.45, 7) is 0. The van der Waals surface area contributed by atoms with Gasteiger partial charge in [-0.15, -0.1) is 11.6 Å². The van der Waals surface area contributed by atoms with E-state index >= 15 is 0 Å². The summed E-state index contributed by atoms with van der Waals surface area (Å²) in [5.41, 5.74) is 2.30. The highest BCUT2D eigenvalue weighted by Crippen LogP contribution is 2.12. The number of carbonyl (C=O) groups excluding carboxylic acids is 1. The molecule has 0 spiro atoms. The molecule has 2 aromatic rings. The highest BCUT2D eigenvalue weighted by Gasteiger charge is 2.04. The van der Waals surface area contributed by atoms with Gasteiger partial charge in [-0.25, -0.2) is 0 Å². The number of hydrogen-bond donors (Lipinski definition) is 0. The lowest BCUT2D eigenvalue weighted by atomic mass is 10.1. The topological polar surface area (TPSA) is 55.7 Å². The average Bonchev–Trinajstić information content (AvgIpc) is 2.40. The highest BCUT2D eigenvalue weighted by atomic mass is 35.5. The zero-order valence-electron chi connectivity index (χ0n) is 9.01. The van der Waals surface area contributed by atoms with E-state index in [1.54, 1.807) is 24.8 Å². The monoisotopic (exact) mass is 247 g/mol. The normalized spacial score (nSPS) is 10.2. The van der Waals surface area contributed by atoms with Gasteiger partial charge in [0.1, 0.15) is 5.69 Å². The minimum Gasteiger partial charge on any atom is -0.298 e. The predicted molar refractivity (Wildman–Crippen MR) is 64.7 cm³/mol. The van der Waals surface area contributed by atoms with Crippen molar-refractivity contribution in [2.45, 2.75) is 6.42 Å². The van der Waals surface area contributed by atoms with Crippen LogP contribution < -0.4 is 0 Å². The van der Waals surface area contributed by atoms with Crippen LogP contribution in [0.1, 0.15) is 5.56 Å². The van der Waals surface area contributed by atoms with Crippen LogP contribution in [0.15, 0.2) is 36.9 Å². The number of ketones is 1. The van der Waals surface area contributed by atoms with Gasteiger partial charge in [0.05, 0.1) is 17.8 Å². The Morgan fingerprint density at radius 2 is 2.00 bits per heavy atom. The minimum atomic E-state index is -0.0132. The molecule has 17 heavy (non-hydrogen) atoms. The van der Waals surface area contributed by atoms with Gasteiger partial charge in [-0.2, -0.15) is 0 Å². The average molecular weight is 248 g/mol. The Labute approximate surface area is 104 Å². The van der Waals surface area contributed by atoms with Gasteiger partial charge >= 0.3 is 0 Å². The zero-order chi connectivity index (χ0) is 12.1. The van der Waals surface area contributed by atoms with Gasteiger partial charge in [-0.3, -0.25) is 19.7 Å². The first kappa shape index (κ1) is 11.7. The Morgan fingerprint density at radius 3 is 2.59 bits per heavy atom. The molecule has 0 atom stereocenters. The first-order valence-corrected chi connectivity index (χ1v) is 5.62. The summed E-state index contributed by atoms with van der Waals surface area (Å²) in [5, 5.41) is 0. The largest absolute Gasteiger partial charge is 0.298 e. The zero-order valence-corrected chi connectivity index (χ0v) is 9.76. The molecule has 0 aliphatic rings. The second-order valence-corrected chi connectivity index (χ2v) is 3.76. The van der Waals surface area contributed by atoms with E-state index in [0.29, 0.717) is 12.1 Å². The van der Waals surface area contributed by atoms with E-state index in [-0.39, 0.29) is 11.7 Å². The lowest BCUT2D eigenvalue weighted by Gasteiger charge is -2.01. The molecule has 0 aliphatic heterocycles. The van der Waals surface area contributed by atoms with Crippen LogP contribution in [0.2, 0.25) is 0 Å². The molecular formula is C12H10ClN3O. The molecule has 0 bridgehead atoms. The molecule has 0 fully saturated rings. The first-order valence-electron chi connectivity index (χ1n) is 5.08. The Kier molecular flexibility index (Phi) is 3.77. The van der Waals surface area contributed by atoms with Gasteiger partial charge in [-0.1, -0.05) is 6.07 Å². The van der Waals surface area contributed by atoms with Crippen molar-refractivity contribution in [3.63, 3.8) is 0 Å². The number of hydrogen-bond acceptors (Lipinski definition) is 4. The number of rotatable bonds is 4. The van der Waals surface area contributed by atoms with Crippen molar-refractivity contribution in [3.05, 3.63) is 42.5 Å². The molecule has 0 radical (unpaired) electrons. The fourth-order valence-corrected chi connectivity index (χ4v) is 1.48. The van der Waals surface area contributed by atoms with Crippen LogP contribution in [0, 0.1) is 0 Å². The Morgan fingerprint density at radius 1 is 1.12 bits per heavy atom.